The van der Waals surface area contributed by atoms with Crippen LogP contribution in [0.15, 0.2) is 76.4 Å². The summed E-state index contributed by atoms with van der Waals surface area (Å²) in [5.74, 6) is -0.789. The smallest absolute Gasteiger partial charge is 0.290 e. The lowest BCUT2D eigenvalue weighted by Crippen LogP contribution is -2.17. The standard InChI is InChI=1S/C29H22F2N2O5S/c1-16-14-20(31)15-22-24(16)32-25(18-5-7-19(30)8-6-18)27(26(22)34)38-13-12-37-21-9-2-17(3-10-21)4-11-23-28(35)33-29(36)39-23/h2-3,5-11,14-15H,4,12-13H2,1H3,(H,32,34)(H,33,35,36). The highest BCUT2D eigenvalue weighted by Crippen LogP contribution is 2.30. The summed E-state index contributed by atoms with van der Waals surface area (Å²) in [7, 11) is 0. The predicted molar refractivity (Wildman–Crippen MR) is 145 cm³/mol. The van der Waals surface area contributed by atoms with E-state index in [4.69, 9.17) is 9.47 Å². The van der Waals surface area contributed by atoms with E-state index in [9.17, 15) is 23.2 Å². The first-order valence-electron chi connectivity index (χ1n) is 12.0. The number of thioether (sulfide) groups is 1. The van der Waals surface area contributed by atoms with Crippen LogP contribution in [0.3, 0.4) is 0 Å². The van der Waals surface area contributed by atoms with E-state index in [0.29, 0.717) is 39.4 Å². The number of amides is 2. The number of pyridine rings is 1. The zero-order valence-electron chi connectivity index (χ0n) is 20.7. The number of aromatic nitrogens is 1. The minimum atomic E-state index is -0.535. The second-order valence-electron chi connectivity index (χ2n) is 8.77. The second-order valence-corrected chi connectivity index (χ2v) is 9.78. The van der Waals surface area contributed by atoms with E-state index in [2.05, 4.69) is 10.3 Å². The van der Waals surface area contributed by atoms with Gasteiger partial charge in [-0.2, -0.15) is 0 Å². The minimum absolute atomic E-state index is 0.0154. The molecule has 10 heteroatoms. The molecule has 4 aromatic rings. The quantitative estimate of drug-likeness (QED) is 0.218. The van der Waals surface area contributed by atoms with Crippen molar-refractivity contribution in [2.75, 3.05) is 13.2 Å². The van der Waals surface area contributed by atoms with Crippen LogP contribution in [0.2, 0.25) is 0 Å². The summed E-state index contributed by atoms with van der Waals surface area (Å²) in [4.78, 5) is 39.7. The van der Waals surface area contributed by atoms with E-state index in [-0.39, 0.29) is 29.6 Å². The van der Waals surface area contributed by atoms with Crippen LogP contribution in [-0.2, 0) is 11.2 Å². The normalized spacial score (nSPS) is 14.2. The Balaban J connectivity index is 1.29. The monoisotopic (exact) mass is 548 g/mol. The molecule has 0 atom stereocenters. The third-order valence-corrected chi connectivity index (χ3v) is 6.91. The van der Waals surface area contributed by atoms with E-state index in [1.54, 1.807) is 25.1 Å². The number of carbonyl (C=O) groups is 2. The van der Waals surface area contributed by atoms with Crippen molar-refractivity contribution in [3.8, 4) is 22.8 Å². The van der Waals surface area contributed by atoms with Crippen molar-refractivity contribution in [3.05, 3.63) is 105 Å². The molecule has 198 valence electrons. The molecular formula is C29H22F2N2O5S. The van der Waals surface area contributed by atoms with Gasteiger partial charge in [-0.1, -0.05) is 18.2 Å². The van der Waals surface area contributed by atoms with Crippen LogP contribution in [0.4, 0.5) is 13.6 Å². The van der Waals surface area contributed by atoms with Crippen molar-refractivity contribution in [1.29, 1.82) is 0 Å². The molecule has 5 rings (SSSR count). The van der Waals surface area contributed by atoms with Gasteiger partial charge >= 0.3 is 0 Å². The number of rotatable bonds is 8. The van der Waals surface area contributed by atoms with E-state index in [1.807, 2.05) is 12.1 Å². The number of aromatic amines is 1. The highest BCUT2D eigenvalue weighted by atomic mass is 32.2. The molecule has 0 saturated carbocycles. The zero-order valence-corrected chi connectivity index (χ0v) is 21.5. The molecule has 7 nitrogen and oxygen atoms in total. The number of benzene rings is 3. The summed E-state index contributed by atoms with van der Waals surface area (Å²) in [5, 5.41) is 1.99. The molecule has 2 amide bonds. The Morgan fingerprint density at radius 3 is 2.31 bits per heavy atom. The van der Waals surface area contributed by atoms with Gasteiger partial charge in [-0.15, -0.1) is 0 Å². The summed E-state index contributed by atoms with van der Waals surface area (Å²) < 4.78 is 39.2. The number of allylic oxidation sites excluding steroid dienone is 1. The Morgan fingerprint density at radius 2 is 1.62 bits per heavy atom. The average molecular weight is 549 g/mol. The summed E-state index contributed by atoms with van der Waals surface area (Å²) in [6, 6.07) is 15.3. The molecule has 0 bridgehead atoms. The van der Waals surface area contributed by atoms with Crippen LogP contribution in [0.5, 0.6) is 11.5 Å². The van der Waals surface area contributed by atoms with Gasteiger partial charge in [0.2, 0.25) is 5.43 Å². The Morgan fingerprint density at radius 1 is 0.897 bits per heavy atom. The SMILES string of the molecule is Cc1cc(F)cc2c(=O)c(OCCOc3ccc(CC=C4SC(=O)NC4=O)cc3)c(-c3ccc(F)cc3)[nH]c12. The number of ether oxygens (including phenoxy) is 2. The first kappa shape index (κ1) is 26.2. The van der Waals surface area contributed by atoms with Crippen LogP contribution >= 0.6 is 11.8 Å². The van der Waals surface area contributed by atoms with Gasteiger partial charge < -0.3 is 14.5 Å². The molecule has 1 saturated heterocycles. The van der Waals surface area contributed by atoms with Gasteiger partial charge in [0.15, 0.2) is 5.75 Å². The third kappa shape index (κ3) is 5.85. The number of hydrogen-bond donors (Lipinski definition) is 2. The van der Waals surface area contributed by atoms with Crippen molar-refractivity contribution in [2.24, 2.45) is 0 Å². The number of imide groups is 1. The Labute approximate surface area is 225 Å². The van der Waals surface area contributed by atoms with Crippen LogP contribution in [0.25, 0.3) is 22.2 Å². The van der Waals surface area contributed by atoms with Gasteiger partial charge in [0.25, 0.3) is 11.1 Å². The lowest BCUT2D eigenvalue weighted by molar-refractivity contribution is -0.115. The Bertz CT molecular complexity index is 1660. The van der Waals surface area contributed by atoms with Gasteiger partial charge in [0.1, 0.15) is 30.6 Å². The topological polar surface area (TPSA) is 97.5 Å². The molecule has 3 aromatic carbocycles. The van der Waals surface area contributed by atoms with E-state index < -0.39 is 23.0 Å². The molecule has 0 spiro atoms. The first-order valence-corrected chi connectivity index (χ1v) is 12.8. The minimum Gasteiger partial charge on any atom is -0.490 e. The fourth-order valence-corrected chi connectivity index (χ4v) is 4.81. The molecule has 1 aromatic heterocycles. The van der Waals surface area contributed by atoms with E-state index in [0.717, 1.165) is 23.4 Å². The molecule has 39 heavy (non-hydrogen) atoms. The van der Waals surface area contributed by atoms with Crippen LogP contribution in [0, 0.1) is 18.6 Å². The summed E-state index contributed by atoms with van der Waals surface area (Å²) in [6.07, 6.45) is 2.17. The van der Waals surface area contributed by atoms with Crippen LogP contribution in [-0.4, -0.2) is 29.3 Å². The van der Waals surface area contributed by atoms with E-state index in [1.165, 1.54) is 30.3 Å². The second kappa shape index (κ2) is 11.1. The average Bonchev–Trinajstić information content (AvgIpc) is 3.24. The van der Waals surface area contributed by atoms with Gasteiger partial charge in [-0.3, -0.25) is 19.7 Å². The molecule has 1 fully saturated rings. The van der Waals surface area contributed by atoms with Gasteiger partial charge in [0.05, 0.1) is 21.5 Å². The number of nitrogens with one attached hydrogen (secondary N) is 2. The molecule has 0 aliphatic carbocycles. The highest BCUT2D eigenvalue weighted by molar-refractivity contribution is 8.18. The molecule has 0 radical (unpaired) electrons. The largest absolute Gasteiger partial charge is 0.490 e. The van der Waals surface area contributed by atoms with Crippen molar-refractivity contribution in [3.63, 3.8) is 0 Å². The number of halogens is 2. The summed E-state index contributed by atoms with van der Waals surface area (Å²) in [6.45, 7) is 1.83. The number of fused-ring (bicyclic) bond motifs is 1. The number of carbonyl (C=O) groups excluding carboxylic acids is 2. The molecule has 2 heterocycles. The van der Waals surface area contributed by atoms with Crippen molar-refractivity contribution in [1.82, 2.24) is 10.3 Å². The van der Waals surface area contributed by atoms with Crippen molar-refractivity contribution < 1.29 is 27.8 Å². The fourth-order valence-electron chi connectivity index (χ4n) is 4.16. The molecule has 1 aliphatic heterocycles. The molecule has 1 aliphatic rings. The third-order valence-electron chi connectivity index (χ3n) is 6.05. The Hall–Kier alpha value is -4.44. The predicted octanol–water partition coefficient (Wildman–Crippen LogP) is 5.65. The maximum absolute atomic E-state index is 14.1. The lowest BCUT2D eigenvalue weighted by Gasteiger charge is -2.15. The summed E-state index contributed by atoms with van der Waals surface area (Å²) in [5.41, 5.74) is 2.36. The van der Waals surface area contributed by atoms with Crippen LogP contribution in [0.1, 0.15) is 11.1 Å². The first-order chi connectivity index (χ1) is 18.8. The van der Waals surface area contributed by atoms with Gasteiger partial charge in [-0.25, -0.2) is 8.78 Å². The maximum atomic E-state index is 14.1. The van der Waals surface area contributed by atoms with Gasteiger partial charge in [0, 0.05) is 5.56 Å². The number of H-pyrrole nitrogens is 1. The molecular weight excluding hydrogens is 526 g/mol. The molecule has 2 N–H and O–H groups in total. The number of aryl methyl sites for hydroxylation is 1. The number of hydrogen-bond acceptors (Lipinski definition) is 6. The van der Waals surface area contributed by atoms with E-state index >= 15 is 0 Å². The lowest BCUT2D eigenvalue weighted by atomic mass is 10.1. The Kier molecular flexibility index (Phi) is 7.47. The van der Waals surface area contributed by atoms with Crippen LogP contribution < -0.4 is 20.2 Å². The highest BCUT2D eigenvalue weighted by Gasteiger charge is 2.24. The van der Waals surface area contributed by atoms with Crippen molar-refractivity contribution in [2.45, 2.75) is 13.3 Å². The summed E-state index contributed by atoms with van der Waals surface area (Å²) >= 11 is 0.874. The maximum Gasteiger partial charge on any atom is 0.290 e. The zero-order chi connectivity index (χ0) is 27.5. The fraction of sp³-hybridized carbons (Fsp3) is 0.138. The van der Waals surface area contributed by atoms with Gasteiger partial charge in [-0.05, 0) is 84.8 Å². The van der Waals surface area contributed by atoms with Crippen molar-refractivity contribution >= 4 is 33.8 Å². The molecule has 0 unspecified atom stereocenters.